The first-order valence-electron chi connectivity index (χ1n) is 8.42. The summed E-state index contributed by atoms with van der Waals surface area (Å²) in [6.45, 7) is 3.60. The molecule has 2 rings (SSSR count). The molecule has 152 valence electrons. The SMILES string of the molecule is COc1cc(C(=O)Nc2ccc(S(=O)(=O)N(C)C(C)C)cc2)cc(OC)c1Br. The molecule has 0 aliphatic heterocycles. The van der Waals surface area contributed by atoms with Crippen LogP contribution in [0.15, 0.2) is 45.8 Å². The monoisotopic (exact) mass is 470 g/mol. The molecule has 28 heavy (non-hydrogen) atoms. The van der Waals surface area contributed by atoms with Crippen molar-refractivity contribution in [2.24, 2.45) is 0 Å². The molecule has 0 aliphatic carbocycles. The molecular weight excluding hydrogens is 448 g/mol. The number of nitrogens with zero attached hydrogens (tertiary/aromatic N) is 1. The Morgan fingerprint density at radius 2 is 1.57 bits per heavy atom. The molecule has 2 aromatic rings. The van der Waals surface area contributed by atoms with Crippen molar-refractivity contribution >= 4 is 37.5 Å². The normalized spacial score (nSPS) is 11.6. The zero-order valence-electron chi connectivity index (χ0n) is 16.3. The van der Waals surface area contributed by atoms with Gasteiger partial charge in [-0.1, -0.05) is 0 Å². The fraction of sp³-hybridized carbons (Fsp3) is 0.316. The minimum absolute atomic E-state index is 0.160. The summed E-state index contributed by atoms with van der Waals surface area (Å²) >= 11 is 3.36. The zero-order valence-corrected chi connectivity index (χ0v) is 18.7. The van der Waals surface area contributed by atoms with Crippen molar-refractivity contribution in [3.8, 4) is 11.5 Å². The van der Waals surface area contributed by atoms with Crippen LogP contribution >= 0.6 is 15.9 Å². The molecule has 0 fully saturated rings. The van der Waals surface area contributed by atoms with Gasteiger partial charge in [0.05, 0.1) is 19.1 Å². The van der Waals surface area contributed by atoms with E-state index in [1.54, 1.807) is 38.1 Å². The maximum atomic E-state index is 12.6. The predicted octanol–water partition coefficient (Wildman–Crippen LogP) is 3.75. The van der Waals surface area contributed by atoms with Crippen LogP contribution < -0.4 is 14.8 Å². The Hall–Kier alpha value is -2.10. The standard InChI is InChI=1S/C19H23BrN2O5S/c1-12(2)22(3)28(24,25)15-8-6-14(7-9-15)21-19(23)13-10-16(26-4)18(20)17(11-13)27-5/h6-12H,1-5H3,(H,21,23). The van der Waals surface area contributed by atoms with E-state index in [0.29, 0.717) is 27.2 Å². The molecule has 0 spiro atoms. The van der Waals surface area contributed by atoms with Crippen molar-refractivity contribution in [2.75, 3.05) is 26.6 Å². The topological polar surface area (TPSA) is 84.9 Å². The van der Waals surface area contributed by atoms with Crippen LogP contribution in [0.4, 0.5) is 5.69 Å². The van der Waals surface area contributed by atoms with Crippen molar-refractivity contribution < 1.29 is 22.7 Å². The molecule has 0 unspecified atom stereocenters. The number of anilines is 1. The molecule has 2 aromatic carbocycles. The Kier molecular flexibility index (Phi) is 7.08. The van der Waals surface area contributed by atoms with Gasteiger partial charge in [0.15, 0.2) is 0 Å². The Balaban J connectivity index is 2.24. The molecule has 0 radical (unpaired) electrons. The number of amides is 1. The van der Waals surface area contributed by atoms with Crippen LogP contribution in [0.1, 0.15) is 24.2 Å². The summed E-state index contributed by atoms with van der Waals surface area (Å²) in [4.78, 5) is 12.7. The van der Waals surface area contributed by atoms with E-state index in [1.807, 2.05) is 0 Å². The zero-order chi connectivity index (χ0) is 21.1. The van der Waals surface area contributed by atoms with Gasteiger partial charge in [-0.25, -0.2) is 8.42 Å². The summed E-state index contributed by atoms with van der Waals surface area (Å²) < 4.78 is 37.4. The van der Waals surface area contributed by atoms with Gasteiger partial charge in [-0.3, -0.25) is 4.79 Å². The summed E-state index contributed by atoms with van der Waals surface area (Å²) in [5.74, 6) is 0.546. The highest BCUT2D eigenvalue weighted by Crippen LogP contribution is 2.35. The summed E-state index contributed by atoms with van der Waals surface area (Å²) in [7, 11) is 0.945. The first kappa shape index (κ1) is 22.2. The number of carbonyl (C=O) groups is 1. The second-order valence-electron chi connectivity index (χ2n) is 6.29. The Bertz CT molecular complexity index is 934. The number of carbonyl (C=O) groups excluding carboxylic acids is 1. The minimum atomic E-state index is -3.58. The number of hydrogen-bond donors (Lipinski definition) is 1. The van der Waals surface area contributed by atoms with Gasteiger partial charge in [-0.05, 0) is 66.2 Å². The number of hydrogen-bond acceptors (Lipinski definition) is 5. The molecule has 1 amide bonds. The third-order valence-electron chi connectivity index (χ3n) is 4.22. The average molecular weight is 471 g/mol. The first-order chi connectivity index (χ1) is 13.1. The van der Waals surface area contributed by atoms with Gasteiger partial charge in [0.25, 0.3) is 5.91 Å². The lowest BCUT2D eigenvalue weighted by atomic mass is 10.1. The number of nitrogens with one attached hydrogen (secondary N) is 1. The van der Waals surface area contributed by atoms with Gasteiger partial charge >= 0.3 is 0 Å². The lowest BCUT2D eigenvalue weighted by molar-refractivity contribution is 0.102. The molecule has 0 bridgehead atoms. The quantitative estimate of drug-likeness (QED) is 0.665. The van der Waals surface area contributed by atoms with E-state index in [9.17, 15) is 13.2 Å². The van der Waals surface area contributed by atoms with Crippen LogP contribution in [0.5, 0.6) is 11.5 Å². The van der Waals surface area contributed by atoms with Gasteiger partial charge in [0.2, 0.25) is 10.0 Å². The Morgan fingerprint density at radius 1 is 1.07 bits per heavy atom. The van der Waals surface area contributed by atoms with Gasteiger partial charge in [-0.2, -0.15) is 4.31 Å². The Labute approximate surface area is 173 Å². The number of benzene rings is 2. The third-order valence-corrected chi connectivity index (χ3v) is 7.05. The summed E-state index contributed by atoms with van der Waals surface area (Å²) in [6.07, 6.45) is 0. The summed E-state index contributed by atoms with van der Waals surface area (Å²) in [5, 5.41) is 2.74. The minimum Gasteiger partial charge on any atom is -0.495 e. The Morgan fingerprint density at radius 3 is 2.00 bits per heavy atom. The van der Waals surface area contributed by atoms with E-state index in [4.69, 9.17) is 9.47 Å². The van der Waals surface area contributed by atoms with E-state index in [1.165, 1.54) is 37.7 Å². The van der Waals surface area contributed by atoms with Crippen molar-refractivity contribution in [2.45, 2.75) is 24.8 Å². The van der Waals surface area contributed by atoms with E-state index < -0.39 is 10.0 Å². The van der Waals surface area contributed by atoms with Crippen LogP contribution in [0, 0.1) is 0 Å². The number of sulfonamides is 1. The summed E-state index contributed by atoms with van der Waals surface area (Å²) in [5.41, 5.74) is 0.810. The maximum absolute atomic E-state index is 12.6. The fourth-order valence-corrected chi connectivity index (χ4v) is 4.28. The smallest absolute Gasteiger partial charge is 0.255 e. The highest BCUT2D eigenvalue weighted by molar-refractivity contribution is 9.10. The van der Waals surface area contributed by atoms with Crippen LogP contribution in [0.2, 0.25) is 0 Å². The maximum Gasteiger partial charge on any atom is 0.255 e. The van der Waals surface area contributed by atoms with Crippen molar-refractivity contribution in [3.05, 3.63) is 46.4 Å². The van der Waals surface area contributed by atoms with Gasteiger partial charge < -0.3 is 14.8 Å². The van der Waals surface area contributed by atoms with Crippen LogP contribution in [0.3, 0.4) is 0 Å². The van der Waals surface area contributed by atoms with Crippen molar-refractivity contribution in [1.29, 1.82) is 0 Å². The number of halogens is 1. The molecule has 0 heterocycles. The van der Waals surface area contributed by atoms with Crippen molar-refractivity contribution in [1.82, 2.24) is 4.31 Å². The molecule has 7 nitrogen and oxygen atoms in total. The number of rotatable bonds is 7. The molecule has 0 atom stereocenters. The van der Waals surface area contributed by atoms with E-state index >= 15 is 0 Å². The van der Waals surface area contributed by atoms with Crippen LogP contribution in [-0.4, -0.2) is 45.9 Å². The molecule has 0 aromatic heterocycles. The predicted molar refractivity (Wildman–Crippen MR) is 112 cm³/mol. The highest BCUT2D eigenvalue weighted by atomic mass is 79.9. The van der Waals surface area contributed by atoms with Crippen LogP contribution in [0.25, 0.3) is 0 Å². The molecule has 9 heteroatoms. The van der Waals surface area contributed by atoms with E-state index in [-0.39, 0.29) is 16.8 Å². The molecule has 0 aliphatic rings. The molecule has 0 saturated carbocycles. The number of methoxy groups -OCH3 is 2. The van der Waals surface area contributed by atoms with Gasteiger partial charge in [-0.15, -0.1) is 0 Å². The summed E-state index contributed by atoms with van der Waals surface area (Å²) in [6, 6.07) is 9.03. The fourth-order valence-electron chi connectivity index (χ4n) is 2.36. The lowest BCUT2D eigenvalue weighted by Crippen LogP contribution is -2.33. The number of ether oxygens (including phenoxy) is 2. The molecule has 1 N–H and O–H groups in total. The van der Waals surface area contributed by atoms with E-state index in [0.717, 1.165) is 0 Å². The van der Waals surface area contributed by atoms with Crippen LogP contribution in [-0.2, 0) is 10.0 Å². The second kappa shape index (κ2) is 8.93. The first-order valence-corrected chi connectivity index (χ1v) is 10.7. The average Bonchev–Trinajstić information content (AvgIpc) is 2.67. The van der Waals surface area contributed by atoms with Gasteiger partial charge in [0.1, 0.15) is 16.0 Å². The largest absolute Gasteiger partial charge is 0.495 e. The lowest BCUT2D eigenvalue weighted by Gasteiger charge is -2.21. The van der Waals surface area contributed by atoms with Crippen molar-refractivity contribution in [3.63, 3.8) is 0 Å². The van der Waals surface area contributed by atoms with E-state index in [2.05, 4.69) is 21.2 Å². The van der Waals surface area contributed by atoms with Gasteiger partial charge in [0, 0.05) is 24.3 Å². The molecule has 0 saturated heterocycles. The second-order valence-corrected chi connectivity index (χ2v) is 9.08. The highest BCUT2D eigenvalue weighted by Gasteiger charge is 2.23. The third kappa shape index (κ3) is 4.65. The molecular formula is C19H23BrN2O5S.